The van der Waals surface area contributed by atoms with Crippen LogP contribution in [0.2, 0.25) is 0 Å². The first kappa shape index (κ1) is 17.0. The molecule has 0 radical (unpaired) electrons. The Morgan fingerprint density at radius 1 is 1.25 bits per heavy atom. The van der Waals surface area contributed by atoms with Crippen LogP contribution in [0.1, 0.15) is 31.4 Å². The summed E-state index contributed by atoms with van der Waals surface area (Å²) in [4.78, 5) is 14.4. The Labute approximate surface area is 142 Å². The first-order valence-corrected chi connectivity index (χ1v) is 8.70. The van der Waals surface area contributed by atoms with E-state index in [1.807, 2.05) is 30.9 Å². The normalized spacial score (nSPS) is 23.0. The minimum atomic E-state index is -0.922. The molecule has 0 aromatic heterocycles. The predicted octanol–water partition coefficient (Wildman–Crippen LogP) is 2.07. The smallest absolute Gasteiger partial charge is 0.240 e. The van der Waals surface area contributed by atoms with Crippen molar-refractivity contribution in [3.05, 3.63) is 23.3 Å². The number of halogens is 1. The van der Waals surface area contributed by atoms with E-state index >= 15 is 0 Å². The van der Waals surface area contributed by atoms with Crippen molar-refractivity contribution in [2.75, 3.05) is 26.3 Å². The maximum Gasteiger partial charge on any atom is 0.240 e. The Hall–Kier alpha value is -1.82. The van der Waals surface area contributed by atoms with Gasteiger partial charge in [-0.05, 0) is 43.5 Å². The fraction of sp³-hybridized carbons (Fsp3) is 0.611. The lowest BCUT2D eigenvalue weighted by Crippen LogP contribution is -2.45. The third-order valence-corrected chi connectivity index (χ3v) is 4.56. The van der Waals surface area contributed by atoms with Crippen LogP contribution in [0.4, 0.5) is 4.39 Å². The van der Waals surface area contributed by atoms with Crippen molar-refractivity contribution in [3.8, 4) is 11.5 Å². The van der Waals surface area contributed by atoms with Crippen molar-refractivity contribution in [1.82, 2.24) is 10.2 Å². The van der Waals surface area contributed by atoms with Crippen molar-refractivity contribution < 1.29 is 18.7 Å². The largest absolute Gasteiger partial charge is 0.490 e. The molecule has 2 aliphatic rings. The molecule has 1 saturated heterocycles. The molecule has 132 valence electrons. The minimum Gasteiger partial charge on any atom is -0.490 e. The van der Waals surface area contributed by atoms with Gasteiger partial charge in [-0.2, -0.15) is 0 Å². The summed E-state index contributed by atoms with van der Waals surface area (Å²) in [6.45, 7) is 6.49. The number of nitrogens with zero attached hydrogens (tertiary/aromatic N) is 1. The molecular weight excluding hydrogens is 311 g/mol. The number of rotatable bonds is 5. The zero-order chi connectivity index (χ0) is 17.1. The van der Waals surface area contributed by atoms with E-state index in [1.165, 1.54) is 5.56 Å². The van der Waals surface area contributed by atoms with E-state index in [0.717, 1.165) is 23.5 Å². The molecule has 0 bridgehead atoms. The first-order valence-electron chi connectivity index (χ1n) is 8.70. The maximum absolute atomic E-state index is 13.3. The zero-order valence-corrected chi connectivity index (χ0v) is 14.3. The standard InChI is InChI=1S/C18H25FN2O3/c1-3-23-16-7-12-5-6-21(11-13(12)8-17(16)24-4-2)18(22)15-9-14(19)10-20-15/h7-8,14-15,20H,3-6,9-11H2,1-2H3/t14-,15+/m0/s1. The monoisotopic (exact) mass is 336 g/mol. The molecule has 2 atom stereocenters. The number of alkyl halides is 1. The Morgan fingerprint density at radius 2 is 1.92 bits per heavy atom. The number of ether oxygens (including phenoxy) is 2. The molecule has 2 aliphatic heterocycles. The first-order chi connectivity index (χ1) is 11.6. The molecule has 6 heteroatoms. The number of hydrogen-bond acceptors (Lipinski definition) is 4. The molecular formula is C18H25FN2O3. The highest BCUT2D eigenvalue weighted by atomic mass is 19.1. The van der Waals surface area contributed by atoms with E-state index in [0.29, 0.717) is 26.3 Å². The Balaban J connectivity index is 1.77. The average Bonchev–Trinajstić information content (AvgIpc) is 3.01. The number of hydrogen-bond donors (Lipinski definition) is 1. The second-order valence-corrected chi connectivity index (χ2v) is 6.24. The van der Waals surface area contributed by atoms with Gasteiger partial charge in [0.05, 0.1) is 19.3 Å². The molecule has 0 aliphatic carbocycles. The van der Waals surface area contributed by atoms with Gasteiger partial charge in [0.25, 0.3) is 0 Å². The van der Waals surface area contributed by atoms with Gasteiger partial charge in [-0.25, -0.2) is 4.39 Å². The molecule has 1 aromatic carbocycles. The molecule has 5 nitrogen and oxygen atoms in total. The highest BCUT2D eigenvalue weighted by Gasteiger charge is 2.33. The summed E-state index contributed by atoms with van der Waals surface area (Å²) in [5.74, 6) is 1.47. The van der Waals surface area contributed by atoms with Gasteiger partial charge >= 0.3 is 0 Å². The molecule has 1 fully saturated rings. The summed E-state index contributed by atoms with van der Waals surface area (Å²) >= 11 is 0. The van der Waals surface area contributed by atoms with Crippen LogP contribution in [0, 0.1) is 0 Å². The SMILES string of the molecule is CCOc1cc2c(cc1OCC)CN(C(=O)[C@H]1C[C@H](F)CN1)CC2. The van der Waals surface area contributed by atoms with Gasteiger partial charge in [0.1, 0.15) is 6.17 Å². The fourth-order valence-electron chi connectivity index (χ4n) is 3.39. The van der Waals surface area contributed by atoms with Gasteiger partial charge < -0.3 is 19.7 Å². The summed E-state index contributed by atoms with van der Waals surface area (Å²) < 4.78 is 24.7. The van der Waals surface area contributed by atoms with Crippen LogP contribution < -0.4 is 14.8 Å². The number of amides is 1. The van der Waals surface area contributed by atoms with Gasteiger partial charge in [0.2, 0.25) is 5.91 Å². The van der Waals surface area contributed by atoms with Crippen molar-refractivity contribution in [1.29, 1.82) is 0 Å². The quantitative estimate of drug-likeness (QED) is 0.894. The summed E-state index contributed by atoms with van der Waals surface area (Å²) in [7, 11) is 0. The maximum atomic E-state index is 13.3. The summed E-state index contributed by atoms with van der Waals surface area (Å²) in [6.07, 6.45) is 0.129. The van der Waals surface area contributed by atoms with Crippen LogP contribution in [-0.4, -0.2) is 49.3 Å². The van der Waals surface area contributed by atoms with Gasteiger partial charge in [-0.3, -0.25) is 4.79 Å². The summed E-state index contributed by atoms with van der Waals surface area (Å²) in [6, 6.07) is 3.61. The van der Waals surface area contributed by atoms with Gasteiger partial charge in [-0.15, -0.1) is 0 Å². The van der Waals surface area contributed by atoms with Crippen LogP contribution >= 0.6 is 0 Å². The van der Waals surface area contributed by atoms with Crippen molar-refractivity contribution in [2.45, 2.75) is 45.4 Å². The Kier molecular flexibility index (Phi) is 5.23. The molecule has 1 aromatic rings. The van der Waals surface area contributed by atoms with E-state index in [1.54, 1.807) is 0 Å². The third-order valence-electron chi connectivity index (χ3n) is 4.56. The van der Waals surface area contributed by atoms with Gasteiger partial charge in [0, 0.05) is 26.1 Å². The topological polar surface area (TPSA) is 50.8 Å². The summed E-state index contributed by atoms with van der Waals surface area (Å²) in [5, 5.41) is 2.97. The van der Waals surface area contributed by atoms with E-state index in [4.69, 9.17) is 9.47 Å². The number of benzene rings is 1. The van der Waals surface area contributed by atoms with Crippen molar-refractivity contribution in [3.63, 3.8) is 0 Å². The van der Waals surface area contributed by atoms with E-state index < -0.39 is 12.2 Å². The lowest BCUT2D eigenvalue weighted by atomic mass is 9.98. The molecule has 2 heterocycles. The van der Waals surface area contributed by atoms with Gasteiger partial charge in [-0.1, -0.05) is 0 Å². The average molecular weight is 336 g/mol. The third kappa shape index (κ3) is 3.48. The summed E-state index contributed by atoms with van der Waals surface area (Å²) in [5.41, 5.74) is 2.27. The molecule has 0 unspecified atom stereocenters. The zero-order valence-electron chi connectivity index (χ0n) is 14.3. The second kappa shape index (κ2) is 7.38. The van der Waals surface area contributed by atoms with Gasteiger partial charge in [0.15, 0.2) is 11.5 Å². The van der Waals surface area contributed by atoms with E-state index in [9.17, 15) is 9.18 Å². The lowest BCUT2D eigenvalue weighted by Gasteiger charge is -2.31. The molecule has 24 heavy (non-hydrogen) atoms. The van der Waals surface area contributed by atoms with E-state index in [2.05, 4.69) is 5.32 Å². The Morgan fingerprint density at radius 3 is 2.50 bits per heavy atom. The van der Waals surface area contributed by atoms with Crippen LogP contribution in [0.5, 0.6) is 11.5 Å². The highest BCUT2D eigenvalue weighted by molar-refractivity contribution is 5.82. The number of nitrogens with one attached hydrogen (secondary N) is 1. The molecule has 1 amide bonds. The predicted molar refractivity (Wildman–Crippen MR) is 89.2 cm³/mol. The molecule has 3 rings (SSSR count). The Bertz CT molecular complexity index is 608. The lowest BCUT2D eigenvalue weighted by molar-refractivity contribution is -0.134. The van der Waals surface area contributed by atoms with E-state index in [-0.39, 0.29) is 18.9 Å². The number of carbonyl (C=O) groups excluding carboxylic acids is 1. The second-order valence-electron chi connectivity index (χ2n) is 6.24. The van der Waals surface area contributed by atoms with Crippen molar-refractivity contribution >= 4 is 5.91 Å². The van der Waals surface area contributed by atoms with Crippen LogP contribution in [0.15, 0.2) is 12.1 Å². The van der Waals surface area contributed by atoms with Crippen LogP contribution in [-0.2, 0) is 17.8 Å². The fourth-order valence-corrected chi connectivity index (χ4v) is 3.39. The number of fused-ring (bicyclic) bond motifs is 1. The molecule has 1 N–H and O–H groups in total. The van der Waals surface area contributed by atoms with Crippen molar-refractivity contribution in [2.24, 2.45) is 0 Å². The van der Waals surface area contributed by atoms with Crippen LogP contribution in [0.3, 0.4) is 0 Å². The van der Waals surface area contributed by atoms with Crippen LogP contribution in [0.25, 0.3) is 0 Å². The highest BCUT2D eigenvalue weighted by Crippen LogP contribution is 2.34. The molecule has 0 saturated carbocycles. The number of carbonyl (C=O) groups is 1. The minimum absolute atomic E-state index is 0.00681. The molecule has 0 spiro atoms.